The standard InChI is InChI=1S/C30H37N5O8/c1-17(2)26-28(38)32-19(4)29(39)35-13-5-8-23(34-35)27(37)31-18(3)22-12-11-21-10-9-20(15-24(21)33-22)7-6-14-41-25(36)16-42-30(40)43-26/h6-7,9-12,15,17-19,23,26,34H,5,8,13-14,16H2,1-4H3,(H,31,37)(H,32,38)/b7-6+/t18-,19+,23+,26+/m1/s1. The lowest BCUT2D eigenvalue weighted by Gasteiger charge is -2.35. The van der Waals surface area contributed by atoms with Gasteiger partial charge in [-0.2, -0.15) is 0 Å². The van der Waals surface area contributed by atoms with E-state index in [-0.39, 0.29) is 12.5 Å². The lowest BCUT2D eigenvalue weighted by molar-refractivity contribution is -0.148. The van der Waals surface area contributed by atoms with Crippen LogP contribution in [0.25, 0.3) is 17.0 Å². The van der Waals surface area contributed by atoms with Crippen LogP contribution < -0.4 is 16.1 Å². The van der Waals surface area contributed by atoms with E-state index in [4.69, 9.17) is 19.2 Å². The molecule has 0 aliphatic carbocycles. The molecule has 1 fully saturated rings. The predicted molar refractivity (Wildman–Crippen MR) is 155 cm³/mol. The zero-order chi connectivity index (χ0) is 31.1. The number of nitrogens with one attached hydrogen (secondary N) is 3. The van der Waals surface area contributed by atoms with Gasteiger partial charge in [0.1, 0.15) is 18.7 Å². The van der Waals surface area contributed by atoms with Gasteiger partial charge < -0.3 is 24.8 Å². The number of carbonyl (C=O) groups excluding carboxylic acids is 5. The second-order valence-electron chi connectivity index (χ2n) is 10.9. The minimum atomic E-state index is -1.28. The van der Waals surface area contributed by atoms with Gasteiger partial charge in [-0.15, -0.1) is 0 Å². The van der Waals surface area contributed by atoms with Crippen LogP contribution in [-0.2, 0) is 33.4 Å². The van der Waals surface area contributed by atoms with Gasteiger partial charge in [0, 0.05) is 11.9 Å². The number of hydrogen-bond acceptors (Lipinski definition) is 10. The molecule has 1 saturated heterocycles. The van der Waals surface area contributed by atoms with E-state index in [0.29, 0.717) is 25.1 Å². The largest absolute Gasteiger partial charge is 0.509 e. The molecule has 2 aromatic rings. The molecule has 13 heteroatoms. The molecule has 0 radical (unpaired) electrons. The highest BCUT2D eigenvalue weighted by molar-refractivity contribution is 5.90. The molecule has 1 aromatic heterocycles. The smallest absolute Gasteiger partial charge is 0.459 e. The Hall–Kier alpha value is -4.52. The highest BCUT2D eigenvalue weighted by Crippen LogP contribution is 2.20. The maximum absolute atomic E-state index is 13.2. The SMILES string of the molecule is CC(C)[C@@H]1OC(=O)OCC(=O)OC/C=C/c2ccc3ccc(nc3c2)[C@@H](C)NC(=O)[C@@H]2CCCN(N2)C(=O)[C@H](C)NC1=O. The van der Waals surface area contributed by atoms with Crippen molar-refractivity contribution >= 4 is 46.8 Å². The molecule has 3 amide bonds. The zero-order valence-corrected chi connectivity index (χ0v) is 24.6. The molecule has 4 atom stereocenters. The number of cyclic esters (lactones) is 3. The predicted octanol–water partition coefficient (Wildman–Crippen LogP) is 2.16. The van der Waals surface area contributed by atoms with Gasteiger partial charge in [-0.1, -0.05) is 38.1 Å². The summed E-state index contributed by atoms with van der Waals surface area (Å²) in [6.45, 7) is 6.21. The fraction of sp³-hybridized carbons (Fsp3) is 0.467. The van der Waals surface area contributed by atoms with E-state index in [2.05, 4.69) is 16.1 Å². The van der Waals surface area contributed by atoms with Gasteiger partial charge in [-0.05, 0) is 56.4 Å². The molecule has 4 rings (SSSR count). The molecule has 230 valence electrons. The maximum Gasteiger partial charge on any atom is 0.509 e. The minimum absolute atomic E-state index is 0.0685. The van der Waals surface area contributed by atoms with Crippen LogP contribution in [0.2, 0.25) is 0 Å². The molecule has 1 aromatic carbocycles. The Morgan fingerprint density at radius 1 is 0.953 bits per heavy atom. The highest BCUT2D eigenvalue weighted by atomic mass is 16.7. The molecule has 0 saturated carbocycles. The second kappa shape index (κ2) is 14.1. The molecule has 2 aliphatic rings. The van der Waals surface area contributed by atoms with Crippen LogP contribution in [0.15, 0.2) is 36.4 Å². The van der Waals surface area contributed by atoms with Crippen LogP contribution in [0.4, 0.5) is 4.79 Å². The van der Waals surface area contributed by atoms with E-state index in [9.17, 15) is 24.0 Å². The van der Waals surface area contributed by atoms with Gasteiger partial charge in [-0.25, -0.2) is 15.0 Å². The molecular weight excluding hydrogens is 558 g/mol. The first-order valence-corrected chi connectivity index (χ1v) is 14.3. The summed E-state index contributed by atoms with van der Waals surface area (Å²) < 4.78 is 15.1. The summed E-state index contributed by atoms with van der Waals surface area (Å²) in [4.78, 5) is 68.3. The summed E-state index contributed by atoms with van der Waals surface area (Å²) in [7, 11) is 0. The van der Waals surface area contributed by atoms with Crippen LogP contribution >= 0.6 is 0 Å². The third-order valence-corrected chi connectivity index (χ3v) is 7.08. The first-order chi connectivity index (χ1) is 20.5. The molecule has 3 heterocycles. The van der Waals surface area contributed by atoms with Crippen LogP contribution in [0.1, 0.15) is 57.8 Å². The Kier molecular flexibility index (Phi) is 10.3. The second-order valence-corrected chi connectivity index (χ2v) is 10.9. The molecule has 0 spiro atoms. The Morgan fingerprint density at radius 2 is 1.70 bits per heavy atom. The van der Waals surface area contributed by atoms with Crippen LogP contribution in [-0.4, -0.2) is 77.8 Å². The fourth-order valence-corrected chi connectivity index (χ4v) is 4.72. The summed E-state index contributed by atoms with van der Waals surface area (Å²) in [6, 6.07) is 7.38. The Labute approximate surface area is 249 Å². The number of fused-ring (bicyclic) bond motifs is 4. The number of benzene rings is 1. The molecule has 43 heavy (non-hydrogen) atoms. The number of rotatable bonds is 1. The van der Waals surface area contributed by atoms with E-state index in [1.165, 1.54) is 11.9 Å². The van der Waals surface area contributed by atoms with E-state index in [1.54, 1.807) is 26.0 Å². The molecular formula is C30H37N5O8. The number of hydrogen-bond donors (Lipinski definition) is 3. The molecule has 2 aliphatic heterocycles. The average Bonchev–Trinajstić information content (AvgIpc) is 2.99. The molecule has 5 bridgehead atoms. The van der Waals surface area contributed by atoms with E-state index >= 15 is 0 Å². The highest BCUT2D eigenvalue weighted by Gasteiger charge is 2.34. The monoisotopic (exact) mass is 595 g/mol. The van der Waals surface area contributed by atoms with Crippen molar-refractivity contribution in [3.8, 4) is 0 Å². The number of carbonyl (C=O) groups is 5. The van der Waals surface area contributed by atoms with Crippen molar-refractivity contribution in [3.05, 3.63) is 47.7 Å². The maximum atomic E-state index is 13.2. The summed E-state index contributed by atoms with van der Waals surface area (Å²) in [5.41, 5.74) is 5.18. The zero-order valence-electron chi connectivity index (χ0n) is 24.6. The first-order valence-electron chi connectivity index (χ1n) is 14.3. The van der Waals surface area contributed by atoms with Gasteiger partial charge in [-0.3, -0.25) is 24.4 Å². The van der Waals surface area contributed by atoms with Gasteiger partial charge in [0.25, 0.3) is 11.8 Å². The lowest BCUT2D eigenvalue weighted by atomic mass is 10.1. The number of esters is 1. The number of amides is 3. The lowest BCUT2D eigenvalue weighted by Crippen LogP contribution is -2.61. The summed E-state index contributed by atoms with van der Waals surface area (Å²) >= 11 is 0. The van der Waals surface area contributed by atoms with Gasteiger partial charge in [0.15, 0.2) is 12.7 Å². The van der Waals surface area contributed by atoms with E-state index in [0.717, 1.165) is 16.5 Å². The van der Waals surface area contributed by atoms with Crippen molar-refractivity contribution in [2.75, 3.05) is 19.8 Å². The minimum Gasteiger partial charge on any atom is -0.459 e. The van der Waals surface area contributed by atoms with E-state index in [1.807, 2.05) is 37.3 Å². The molecule has 0 unspecified atom stereocenters. The summed E-state index contributed by atoms with van der Waals surface area (Å²) in [5.74, 6) is -2.72. The fourth-order valence-electron chi connectivity index (χ4n) is 4.72. The Morgan fingerprint density at radius 3 is 2.47 bits per heavy atom. The van der Waals surface area contributed by atoms with Gasteiger partial charge >= 0.3 is 12.1 Å². The van der Waals surface area contributed by atoms with Crippen molar-refractivity contribution in [2.24, 2.45) is 5.92 Å². The summed E-state index contributed by atoms with van der Waals surface area (Å²) in [5, 5.41) is 7.77. The molecule has 13 nitrogen and oxygen atoms in total. The third-order valence-electron chi connectivity index (χ3n) is 7.08. The number of nitrogens with zero attached hydrogens (tertiary/aromatic N) is 2. The number of ether oxygens (including phenoxy) is 3. The number of aromatic nitrogens is 1. The van der Waals surface area contributed by atoms with Crippen LogP contribution in [0.5, 0.6) is 0 Å². The molecule has 3 N–H and O–H groups in total. The normalized spacial score (nSPS) is 25.7. The topological polar surface area (TPSA) is 165 Å². The van der Waals surface area contributed by atoms with Crippen LogP contribution in [0.3, 0.4) is 0 Å². The van der Waals surface area contributed by atoms with E-state index < -0.39 is 60.7 Å². The van der Waals surface area contributed by atoms with Crippen LogP contribution in [0, 0.1) is 5.92 Å². The van der Waals surface area contributed by atoms with Gasteiger partial charge in [0.05, 0.1) is 17.3 Å². The van der Waals surface area contributed by atoms with Crippen molar-refractivity contribution in [1.29, 1.82) is 0 Å². The van der Waals surface area contributed by atoms with Crippen molar-refractivity contribution in [1.82, 2.24) is 26.1 Å². The summed E-state index contributed by atoms with van der Waals surface area (Å²) in [6.07, 6.45) is 1.97. The number of pyridine rings is 1. The quantitative estimate of drug-likeness (QED) is 0.416. The number of hydrazine groups is 1. The van der Waals surface area contributed by atoms with Crippen molar-refractivity contribution in [2.45, 2.75) is 64.8 Å². The third kappa shape index (κ3) is 8.28. The Balaban J connectivity index is 1.56. The van der Waals surface area contributed by atoms with Gasteiger partial charge in [0.2, 0.25) is 5.91 Å². The first kappa shape index (κ1) is 31.4. The van der Waals surface area contributed by atoms with Crippen molar-refractivity contribution < 1.29 is 38.2 Å². The van der Waals surface area contributed by atoms with Crippen molar-refractivity contribution in [3.63, 3.8) is 0 Å². The average molecular weight is 596 g/mol. The Bertz CT molecular complexity index is 1410.